The zero-order chi connectivity index (χ0) is 58.4. The van der Waals surface area contributed by atoms with Crippen LogP contribution in [0.2, 0.25) is 0 Å². The smallest absolute Gasteiger partial charge is 0.248 e. The molecule has 1 heterocycles. The highest BCUT2D eigenvalue weighted by Gasteiger charge is 2.47. The molecule has 0 aliphatic rings. The number of benzene rings is 6. The Hall–Kier alpha value is -7.22. The number of nitrogens with zero attached hydrogens (tertiary/aromatic N) is 2. The van der Waals surface area contributed by atoms with Gasteiger partial charge >= 0.3 is 49.4 Å². The number of aromatic nitrogens is 2. The molecule has 78 heavy (non-hydrogen) atoms. The first-order valence-corrected chi connectivity index (χ1v) is 21.8. The predicted molar refractivity (Wildman–Crippen MR) is 234 cm³/mol. The Kier molecular flexibility index (Phi) is 16.3. The van der Waals surface area contributed by atoms with Crippen molar-refractivity contribution in [2.75, 3.05) is 0 Å². The van der Waals surface area contributed by atoms with E-state index in [0.29, 0.717) is 0 Å². The average molecular weight is 1140 g/mol. The van der Waals surface area contributed by atoms with Crippen LogP contribution in [0, 0.1) is 6.92 Å². The van der Waals surface area contributed by atoms with Gasteiger partial charge in [0.05, 0.1) is 50.7 Å². The first-order chi connectivity index (χ1) is 35.6. The van der Waals surface area contributed by atoms with E-state index >= 15 is 0 Å². The van der Waals surface area contributed by atoms with Gasteiger partial charge < -0.3 is 0 Å². The molecule has 0 spiro atoms. The highest BCUT2D eigenvalue weighted by atomic mass is 19.4. The van der Waals surface area contributed by atoms with Crippen molar-refractivity contribution < 1.29 is 110 Å². The van der Waals surface area contributed by atoms with Gasteiger partial charge in [0, 0.05) is 12.0 Å². The summed E-state index contributed by atoms with van der Waals surface area (Å²) in [5.41, 5.74) is -25.2. The quantitative estimate of drug-likeness (QED) is 0.0842. The van der Waals surface area contributed by atoms with Crippen LogP contribution in [0.3, 0.4) is 0 Å². The maximum atomic E-state index is 14.2. The summed E-state index contributed by atoms with van der Waals surface area (Å²) in [5.74, 6) is 0. The molecule has 7 rings (SSSR count). The van der Waals surface area contributed by atoms with Crippen molar-refractivity contribution in [3.8, 4) is 0 Å². The van der Waals surface area contributed by atoms with Crippen LogP contribution in [0.15, 0.2) is 146 Å². The maximum Gasteiger partial charge on any atom is 0.416 e. The lowest BCUT2D eigenvalue weighted by atomic mass is 9.12. The summed E-state index contributed by atoms with van der Waals surface area (Å²) in [6.45, 7) is 2.99. The molecule has 416 valence electrons. The Labute approximate surface area is 424 Å². The second-order valence-electron chi connectivity index (χ2n) is 17.6. The van der Waals surface area contributed by atoms with Crippen molar-refractivity contribution in [2.45, 2.75) is 69.3 Å². The van der Waals surface area contributed by atoms with Gasteiger partial charge in [-0.3, -0.25) is 0 Å². The van der Waals surface area contributed by atoms with Crippen LogP contribution >= 0.6 is 0 Å². The largest absolute Gasteiger partial charge is 0.416 e. The van der Waals surface area contributed by atoms with E-state index in [2.05, 4.69) is 71.2 Å². The minimum atomic E-state index is -6.13. The lowest BCUT2D eigenvalue weighted by Gasteiger charge is -2.46. The topological polar surface area (TPSA) is 16.8 Å². The van der Waals surface area contributed by atoms with Crippen LogP contribution in [0.1, 0.15) is 66.9 Å². The lowest BCUT2D eigenvalue weighted by Crippen LogP contribution is -2.75. The minimum absolute atomic E-state index is 0.691. The van der Waals surface area contributed by atoms with Gasteiger partial charge in [-0.1, -0.05) is 109 Å². The van der Waals surface area contributed by atoms with Crippen molar-refractivity contribution in [2.24, 2.45) is 0 Å². The molecular weight excluding hydrogens is 1110 g/mol. The molecule has 0 fully saturated rings. The molecule has 0 aliphatic heterocycles. The molecule has 0 saturated carbocycles. The lowest BCUT2D eigenvalue weighted by molar-refractivity contribution is -0.689. The molecule has 0 N–H and O–H groups in total. The summed E-state index contributed by atoms with van der Waals surface area (Å²) in [6, 6.07) is 10.3. The second-order valence-corrected chi connectivity index (χ2v) is 17.6. The SMILES string of the molecule is Cc1ccc(Cc2c[n+](Cc3ccccc3)ccn2)cc1.FC(F)(F)c1cc([B-](c2cc(C(F)(F)F)cc(C(F)(F)F)c2)(c2cc(C(F)(F)F)cc(C(F)(F)F)c2)c2cc(C(F)(F)F)cc(C(F)(F)F)c2)cc(C(F)(F)F)c1. The number of rotatable bonds is 8. The second kappa shape index (κ2) is 21.2. The normalized spacial score (nSPS) is 13.3. The van der Waals surface area contributed by atoms with Crippen LogP contribution in [0.5, 0.6) is 0 Å². The molecule has 2 nitrogen and oxygen atoms in total. The van der Waals surface area contributed by atoms with Gasteiger partial charge in [-0.15, -0.1) is 0 Å². The van der Waals surface area contributed by atoms with Crippen LogP contribution in [-0.2, 0) is 62.4 Å². The molecule has 6 aromatic carbocycles. The number of aryl methyl sites for hydroxylation is 1. The Morgan fingerprint density at radius 1 is 0.359 bits per heavy atom. The zero-order valence-corrected chi connectivity index (χ0v) is 38.8. The first-order valence-electron chi connectivity index (χ1n) is 21.8. The molecule has 0 radical (unpaired) electrons. The Morgan fingerprint density at radius 3 is 0.910 bits per heavy atom. The van der Waals surface area contributed by atoms with E-state index in [1.54, 1.807) is 0 Å². The third-order valence-corrected chi connectivity index (χ3v) is 12.0. The van der Waals surface area contributed by atoms with Gasteiger partial charge in [-0.05, 0) is 36.8 Å². The van der Waals surface area contributed by atoms with Gasteiger partial charge in [0.15, 0.2) is 18.9 Å². The Morgan fingerprint density at radius 2 is 0.641 bits per heavy atom. The summed E-state index contributed by atoms with van der Waals surface area (Å²) in [7, 11) is 0. The molecular formula is C51H31BF24N2. The van der Waals surface area contributed by atoms with Gasteiger partial charge in [-0.25, -0.2) is 4.98 Å². The van der Waals surface area contributed by atoms with Crippen molar-refractivity contribution in [3.63, 3.8) is 0 Å². The zero-order valence-electron chi connectivity index (χ0n) is 38.8. The van der Waals surface area contributed by atoms with Crippen molar-refractivity contribution in [3.05, 3.63) is 213 Å². The fourth-order valence-electron chi connectivity index (χ4n) is 8.45. The summed E-state index contributed by atoms with van der Waals surface area (Å²) in [4.78, 5) is 4.48. The summed E-state index contributed by atoms with van der Waals surface area (Å²) >= 11 is 0. The molecule has 0 saturated heterocycles. The van der Waals surface area contributed by atoms with Crippen LogP contribution in [0.4, 0.5) is 105 Å². The third-order valence-electron chi connectivity index (χ3n) is 12.0. The van der Waals surface area contributed by atoms with Crippen molar-refractivity contribution in [1.82, 2.24) is 4.98 Å². The van der Waals surface area contributed by atoms with Crippen LogP contribution in [0.25, 0.3) is 0 Å². The fourth-order valence-corrected chi connectivity index (χ4v) is 8.45. The van der Waals surface area contributed by atoms with E-state index in [9.17, 15) is 105 Å². The van der Waals surface area contributed by atoms with Crippen LogP contribution in [-0.4, -0.2) is 11.1 Å². The number of halogens is 24. The number of hydrogen-bond donors (Lipinski definition) is 0. The molecule has 0 unspecified atom stereocenters. The molecule has 0 bridgehead atoms. The maximum absolute atomic E-state index is 14.2. The average Bonchev–Trinajstić information content (AvgIpc) is 3.35. The van der Waals surface area contributed by atoms with E-state index in [1.807, 2.05) is 18.5 Å². The van der Waals surface area contributed by atoms with Gasteiger partial charge in [-0.2, -0.15) is 132 Å². The fraction of sp³-hybridized carbons (Fsp3) is 0.216. The molecule has 0 aliphatic carbocycles. The Balaban J connectivity index is 0.000000387. The van der Waals surface area contributed by atoms with Crippen LogP contribution < -0.4 is 26.4 Å². The van der Waals surface area contributed by atoms with E-state index in [0.717, 1.165) is 18.7 Å². The van der Waals surface area contributed by atoms with Crippen molar-refractivity contribution in [1.29, 1.82) is 0 Å². The molecule has 27 heteroatoms. The van der Waals surface area contributed by atoms with Gasteiger partial charge in [0.2, 0.25) is 0 Å². The molecule has 7 aromatic rings. The molecule has 0 atom stereocenters. The number of hydrogen-bond acceptors (Lipinski definition) is 1. The summed E-state index contributed by atoms with van der Waals surface area (Å²) in [5, 5.41) is 0. The minimum Gasteiger partial charge on any atom is -0.248 e. The van der Waals surface area contributed by atoms with Gasteiger partial charge in [0.25, 0.3) is 0 Å². The third kappa shape index (κ3) is 14.3. The highest BCUT2D eigenvalue weighted by molar-refractivity contribution is 7.20. The standard InChI is InChI=1S/C32H12BF24.C19H19N2/c34-25(35,36)13-1-14(26(37,38)39)6-21(5-13)33(22-7-15(27(40,41)42)2-16(8-22)28(43,44)45,23-9-17(29(46,47)48)3-18(10-23)30(49,50)51)24-11-19(31(52,53)54)4-20(12-24)32(55,56)57;1-16-7-9-17(10-8-16)13-19-15-21(12-11-20-19)14-18-5-3-2-4-6-18/h1-12H;2-12,15H,13-14H2,1H3/q-1;+1. The number of alkyl halides is 24. The van der Waals surface area contributed by atoms with E-state index in [-0.39, 0.29) is 0 Å². The van der Waals surface area contributed by atoms with E-state index in [4.69, 9.17) is 0 Å². The summed E-state index contributed by atoms with van der Waals surface area (Å²) in [6.07, 6.45) is -47.9. The monoisotopic (exact) mass is 1140 g/mol. The van der Waals surface area contributed by atoms with E-state index < -0.39 is 195 Å². The van der Waals surface area contributed by atoms with Crippen molar-refractivity contribution >= 4 is 28.0 Å². The summed E-state index contributed by atoms with van der Waals surface area (Å²) < 4.78 is 343. The predicted octanol–water partition coefficient (Wildman–Crippen LogP) is 14.5. The Bertz CT molecular complexity index is 2800. The molecule has 0 amide bonds. The highest BCUT2D eigenvalue weighted by Crippen LogP contribution is 2.41. The first kappa shape index (κ1) is 60.0. The van der Waals surface area contributed by atoms with E-state index in [1.165, 1.54) is 16.7 Å². The molecule has 1 aromatic heterocycles. The van der Waals surface area contributed by atoms with Gasteiger partial charge in [0.1, 0.15) is 11.8 Å².